The van der Waals surface area contributed by atoms with E-state index in [0.29, 0.717) is 30.5 Å². The topological polar surface area (TPSA) is 73.8 Å². The van der Waals surface area contributed by atoms with Crippen LogP contribution in [0.3, 0.4) is 0 Å². The largest absolute Gasteiger partial charge is 0.493 e. The molecule has 0 aliphatic carbocycles. The van der Waals surface area contributed by atoms with Crippen molar-refractivity contribution in [3.05, 3.63) is 40.6 Å². The van der Waals surface area contributed by atoms with Crippen LogP contribution < -0.4 is 14.2 Å². The summed E-state index contributed by atoms with van der Waals surface area (Å²) in [5, 5.41) is 0. The molecule has 1 amide bonds. The molecule has 3 rings (SSSR count). The molecule has 7 nitrogen and oxygen atoms in total. The Morgan fingerprint density at radius 1 is 1.22 bits per heavy atom. The van der Waals surface area contributed by atoms with E-state index in [1.165, 1.54) is 0 Å². The molecule has 2 aromatic rings. The lowest BCUT2D eigenvalue weighted by atomic mass is 10.1. The molecule has 1 aromatic heterocycles. The van der Waals surface area contributed by atoms with Crippen molar-refractivity contribution in [3.63, 3.8) is 0 Å². The molecule has 0 bridgehead atoms. The number of aromatic nitrogens is 2. The van der Waals surface area contributed by atoms with E-state index in [0.717, 1.165) is 29.4 Å². The lowest BCUT2D eigenvalue weighted by molar-refractivity contribution is -0.133. The highest BCUT2D eigenvalue weighted by atomic mass is 79.9. The van der Waals surface area contributed by atoms with Crippen molar-refractivity contribution in [1.29, 1.82) is 0 Å². The van der Waals surface area contributed by atoms with Gasteiger partial charge in [-0.2, -0.15) is 0 Å². The molecule has 1 atom stereocenters. The highest BCUT2D eigenvalue weighted by Gasteiger charge is 2.25. The number of hydrogen-bond acceptors (Lipinski definition) is 6. The fourth-order valence-corrected chi connectivity index (χ4v) is 3.25. The summed E-state index contributed by atoms with van der Waals surface area (Å²) in [7, 11) is 3.17. The number of likely N-dealkylation sites (tertiary alicyclic amines) is 1. The number of methoxy groups -OCH3 is 2. The van der Waals surface area contributed by atoms with Crippen molar-refractivity contribution >= 4 is 21.8 Å². The van der Waals surface area contributed by atoms with Gasteiger partial charge in [0.05, 0.1) is 31.7 Å². The summed E-state index contributed by atoms with van der Waals surface area (Å²) in [6, 6.07) is 5.86. The number of halogens is 1. The molecule has 1 aliphatic heterocycles. The highest BCUT2D eigenvalue weighted by Crippen LogP contribution is 2.28. The Morgan fingerprint density at radius 2 is 1.96 bits per heavy atom. The predicted octanol–water partition coefficient (Wildman–Crippen LogP) is 2.87. The van der Waals surface area contributed by atoms with Gasteiger partial charge in [-0.1, -0.05) is 6.07 Å². The number of hydrogen-bond donors (Lipinski definition) is 0. The van der Waals surface area contributed by atoms with Crippen LogP contribution in [0.15, 0.2) is 35.1 Å². The average molecular weight is 436 g/mol. The first-order valence-corrected chi connectivity index (χ1v) is 9.51. The molecule has 2 heterocycles. The second-order valence-electron chi connectivity index (χ2n) is 6.27. The summed E-state index contributed by atoms with van der Waals surface area (Å²) in [6.07, 6.45) is 5.26. The quantitative estimate of drug-likeness (QED) is 0.694. The molecule has 8 heteroatoms. The first kappa shape index (κ1) is 19.4. The molecule has 0 spiro atoms. The number of carbonyl (C=O) groups is 1. The predicted molar refractivity (Wildman–Crippen MR) is 103 cm³/mol. The number of carbonyl (C=O) groups excluding carboxylic acids is 1. The van der Waals surface area contributed by atoms with E-state index in [9.17, 15) is 4.79 Å². The van der Waals surface area contributed by atoms with Crippen molar-refractivity contribution in [2.75, 3.05) is 27.3 Å². The van der Waals surface area contributed by atoms with Gasteiger partial charge in [0.1, 0.15) is 6.10 Å². The van der Waals surface area contributed by atoms with Crippen molar-refractivity contribution in [2.45, 2.75) is 25.4 Å². The fourth-order valence-electron chi connectivity index (χ4n) is 3.05. The Balaban J connectivity index is 1.60. The van der Waals surface area contributed by atoms with E-state index >= 15 is 0 Å². The zero-order valence-corrected chi connectivity index (χ0v) is 16.9. The fraction of sp³-hybridized carbons (Fsp3) is 0.421. The van der Waals surface area contributed by atoms with Gasteiger partial charge in [-0.15, -0.1) is 0 Å². The summed E-state index contributed by atoms with van der Waals surface area (Å²) in [5.41, 5.74) is 0.886. The Bertz CT molecular complexity index is 785. The second-order valence-corrected chi connectivity index (χ2v) is 7.19. The van der Waals surface area contributed by atoms with E-state index < -0.39 is 0 Å². The minimum absolute atomic E-state index is 0.0623. The summed E-state index contributed by atoms with van der Waals surface area (Å²) in [5.74, 6) is 1.33. The Labute approximate surface area is 166 Å². The van der Waals surface area contributed by atoms with Gasteiger partial charge >= 0.3 is 6.01 Å². The van der Waals surface area contributed by atoms with Crippen LogP contribution in [0.25, 0.3) is 0 Å². The van der Waals surface area contributed by atoms with E-state index in [-0.39, 0.29) is 12.0 Å². The Morgan fingerprint density at radius 3 is 2.67 bits per heavy atom. The van der Waals surface area contributed by atoms with Gasteiger partial charge in [-0.05, 0) is 46.5 Å². The molecular formula is C19H22BrN3O4. The van der Waals surface area contributed by atoms with Crippen LogP contribution in [0.2, 0.25) is 0 Å². The van der Waals surface area contributed by atoms with Crippen LogP contribution in [0.1, 0.15) is 18.4 Å². The van der Waals surface area contributed by atoms with Gasteiger partial charge in [0, 0.05) is 18.9 Å². The summed E-state index contributed by atoms with van der Waals surface area (Å²) in [4.78, 5) is 22.8. The normalized spacial score (nSPS) is 16.7. The van der Waals surface area contributed by atoms with Gasteiger partial charge in [0.25, 0.3) is 0 Å². The molecule has 0 N–H and O–H groups in total. The zero-order valence-electron chi connectivity index (χ0n) is 15.4. The third-order valence-electron chi connectivity index (χ3n) is 4.40. The number of nitrogens with zero attached hydrogens (tertiary/aromatic N) is 3. The number of piperidine rings is 1. The van der Waals surface area contributed by atoms with Crippen LogP contribution in [0.4, 0.5) is 0 Å². The van der Waals surface area contributed by atoms with Gasteiger partial charge in [-0.3, -0.25) is 4.79 Å². The zero-order chi connectivity index (χ0) is 19.2. The van der Waals surface area contributed by atoms with Gasteiger partial charge < -0.3 is 19.1 Å². The van der Waals surface area contributed by atoms with Crippen molar-refractivity contribution in [1.82, 2.24) is 14.9 Å². The maximum absolute atomic E-state index is 12.7. The Kier molecular flexibility index (Phi) is 6.49. The lowest BCUT2D eigenvalue weighted by Crippen LogP contribution is -2.45. The average Bonchev–Trinajstić information content (AvgIpc) is 2.70. The van der Waals surface area contributed by atoms with Crippen molar-refractivity contribution in [2.24, 2.45) is 0 Å². The molecule has 0 saturated carbocycles. The first-order chi connectivity index (χ1) is 13.1. The number of amides is 1. The van der Waals surface area contributed by atoms with Crippen LogP contribution in [0, 0.1) is 0 Å². The molecule has 0 unspecified atom stereocenters. The van der Waals surface area contributed by atoms with Gasteiger partial charge in [0.15, 0.2) is 11.5 Å². The molecule has 1 fully saturated rings. The molecule has 0 radical (unpaired) electrons. The summed E-state index contributed by atoms with van der Waals surface area (Å²) >= 11 is 3.30. The van der Waals surface area contributed by atoms with Crippen LogP contribution in [-0.2, 0) is 11.2 Å². The number of rotatable bonds is 6. The van der Waals surface area contributed by atoms with E-state index in [2.05, 4.69) is 25.9 Å². The molecule has 27 heavy (non-hydrogen) atoms. The molecule has 144 valence electrons. The highest BCUT2D eigenvalue weighted by molar-refractivity contribution is 9.10. The minimum atomic E-state index is -0.103. The van der Waals surface area contributed by atoms with Crippen LogP contribution >= 0.6 is 15.9 Å². The smallest absolute Gasteiger partial charge is 0.316 e. The minimum Gasteiger partial charge on any atom is -0.493 e. The van der Waals surface area contributed by atoms with E-state index in [4.69, 9.17) is 14.2 Å². The second kappa shape index (κ2) is 9.03. The van der Waals surface area contributed by atoms with E-state index in [1.807, 2.05) is 23.1 Å². The monoisotopic (exact) mass is 435 g/mol. The first-order valence-electron chi connectivity index (χ1n) is 8.72. The van der Waals surface area contributed by atoms with Crippen molar-refractivity contribution in [3.8, 4) is 17.5 Å². The molecule has 1 saturated heterocycles. The van der Waals surface area contributed by atoms with Crippen LogP contribution in [-0.4, -0.2) is 54.2 Å². The Hall–Kier alpha value is -2.35. The van der Waals surface area contributed by atoms with Crippen molar-refractivity contribution < 1.29 is 19.0 Å². The standard InChI is InChI=1S/C19H22BrN3O4/c1-25-16-6-5-13(8-17(16)26-2)9-18(24)23-7-3-4-15(12-23)27-19-21-10-14(20)11-22-19/h5-6,8,10-11,15H,3-4,7,9,12H2,1-2H3/t15-/m0/s1. The maximum Gasteiger partial charge on any atom is 0.316 e. The third kappa shape index (κ3) is 5.09. The molecule has 1 aliphatic rings. The third-order valence-corrected chi connectivity index (χ3v) is 4.81. The lowest BCUT2D eigenvalue weighted by Gasteiger charge is -2.32. The van der Waals surface area contributed by atoms with Crippen LogP contribution in [0.5, 0.6) is 17.5 Å². The SMILES string of the molecule is COc1ccc(CC(=O)N2CCC[C@H](Oc3ncc(Br)cn3)C2)cc1OC. The number of ether oxygens (including phenoxy) is 3. The summed E-state index contributed by atoms with van der Waals surface area (Å²) < 4.78 is 17.2. The van der Waals surface area contributed by atoms with E-state index in [1.54, 1.807) is 26.6 Å². The maximum atomic E-state index is 12.7. The summed E-state index contributed by atoms with van der Waals surface area (Å²) in [6.45, 7) is 1.26. The van der Waals surface area contributed by atoms with Gasteiger partial charge in [0.2, 0.25) is 5.91 Å². The van der Waals surface area contributed by atoms with Gasteiger partial charge in [-0.25, -0.2) is 9.97 Å². The molecular weight excluding hydrogens is 414 g/mol. The molecule has 1 aromatic carbocycles. The number of benzene rings is 1.